The van der Waals surface area contributed by atoms with Crippen molar-refractivity contribution in [3.63, 3.8) is 0 Å². The molecule has 1 aliphatic rings. The summed E-state index contributed by atoms with van der Waals surface area (Å²) < 4.78 is 0. The zero-order valence-electron chi connectivity index (χ0n) is 4.11. The van der Waals surface area contributed by atoms with Crippen molar-refractivity contribution < 1.29 is 0 Å². The molecule has 0 amide bonds. The molecule has 0 N–H and O–H groups in total. The van der Waals surface area contributed by atoms with Crippen molar-refractivity contribution in [1.82, 2.24) is 0 Å². The van der Waals surface area contributed by atoms with Crippen molar-refractivity contribution in [1.29, 1.82) is 5.26 Å². The Balaban J connectivity index is 2.79. The van der Waals surface area contributed by atoms with E-state index in [2.05, 4.69) is 4.99 Å². The fourth-order valence-corrected chi connectivity index (χ4v) is 1.13. The molecule has 1 unspecified atom stereocenters. The molecule has 0 spiro atoms. The third-order valence-corrected chi connectivity index (χ3v) is 1.85. The van der Waals surface area contributed by atoms with Gasteiger partial charge in [-0.2, -0.15) is 5.26 Å². The van der Waals surface area contributed by atoms with E-state index in [0.29, 0.717) is 0 Å². The van der Waals surface area contributed by atoms with Gasteiger partial charge in [-0.15, -0.1) is 10.5 Å². The second-order valence-electron chi connectivity index (χ2n) is 1.19. The van der Waals surface area contributed by atoms with E-state index in [1.54, 1.807) is 17.1 Å². The third kappa shape index (κ3) is 1.04. The Kier molecular flexibility index (Phi) is 1.60. The summed E-state index contributed by atoms with van der Waals surface area (Å²) in [5, 5.41) is 11.6. The maximum absolute atomic E-state index is 8.13. The van der Waals surface area contributed by atoms with Gasteiger partial charge in [-0.25, -0.2) is 0 Å². The molecular formula is C5H4N2S. The zero-order valence-corrected chi connectivity index (χ0v) is 4.93. The molecule has 0 aliphatic carbocycles. The van der Waals surface area contributed by atoms with Crippen molar-refractivity contribution in [3.8, 4) is 6.07 Å². The smallest absolute Gasteiger partial charge is 0.0980 e. The summed E-state index contributed by atoms with van der Waals surface area (Å²) in [4.78, 5) is 3.81. The topological polar surface area (TPSA) is 36.1 Å². The first kappa shape index (κ1) is 5.26. The van der Waals surface area contributed by atoms with Crippen molar-refractivity contribution in [2.75, 3.05) is 0 Å². The monoisotopic (exact) mass is 124 g/mol. The van der Waals surface area contributed by atoms with E-state index in [-0.39, 0.29) is 10.5 Å². The summed E-state index contributed by atoms with van der Waals surface area (Å²) >= 11 is 0. The van der Waals surface area contributed by atoms with Crippen LogP contribution in [0.1, 0.15) is 0 Å². The molecule has 0 aromatic rings. The first-order valence-corrected chi connectivity index (χ1v) is 3.48. The minimum Gasteiger partial charge on any atom is -0.257 e. The Labute approximate surface area is 50.1 Å². The van der Waals surface area contributed by atoms with E-state index in [1.807, 2.05) is 11.5 Å². The molecule has 40 valence electrons. The van der Waals surface area contributed by atoms with Crippen LogP contribution in [0.4, 0.5) is 0 Å². The second kappa shape index (κ2) is 2.43. The molecule has 2 nitrogen and oxygen atoms in total. The lowest BCUT2D eigenvalue weighted by Crippen LogP contribution is -1.62. The predicted octanol–water partition coefficient (Wildman–Crippen LogP) is 1.09. The van der Waals surface area contributed by atoms with Gasteiger partial charge in [-0.3, -0.25) is 4.99 Å². The molecule has 0 saturated heterocycles. The lowest BCUT2D eigenvalue weighted by molar-refractivity contribution is 1.56. The maximum Gasteiger partial charge on any atom is 0.0980 e. The van der Waals surface area contributed by atoms with Crippen molar-refractivity contribution in [3.05, 3.63) is 11.6 Å². The summed E-state index contributed by atoms with van der Waals surface area (Å²) in [6.45, 7) is 0. The first-order valence-electron chi connectivity index (χ1n) is 2.07. The summed E-state index contributed by atoms with van der Waals surface area (Å²) in [5.41, 5.74) is 1.75. The molecule has 8 heavy (non-hydrogen) atoms. The van der Waals surface area contributed by atoms with Crippen LogP contribution >= 0.6 is 10.5 Å². The fourth-order valence-electron chi connectivity index (χ4n) is 0.377. The van der Waals surface area contributed by atoms with Crippen LogP contribution in [-0.2, 0) is 0 Å². The van der Waals surface area contributed by atoms with Crippen LogP contribution in [-0.4, -0.2) is 10.9 Å². The molecule has 3 heteroatoms. The van der Waals surface area contributed by atoms with Gasteiger partial charge in [0.2, 0.25) is 0 Å². The minimum atomic E-state index is -0.0856. The number of nitriles is 1. The lowest BCUT2D eigenvalue weighted by Gasteiger charge is -1.77. The van der Waals surface area contributed by atoms with E-state index in [0.717, 1.165) is 0 Å². The maximum atomic E-state index is 8.13. The van der Waals surface area contributed by atoms with Crippen molar-refractivity contribution in [2.24, 2.45) is 4.99 Å². The number of hydrogen-bond acceptors (Lipinski definition) is 2. The zero-order chi connectivity index (χ0) is 5.82. The van der Waals surface area contributed by atoms with Gasteiger partial charge in [0, 0.05) is 11.6 Å². The molecule has 0 saturated carbocycles. The fraction of sp³-hybridized carbons (Fsp3) is 0. The molecule has 1 aliphatic heterocycles. The van der Waals surface area contributed by atoms with Gasteiger partial charge in [0.25, 0.3) is 0 Å². The molecule has 1 atom stereocenters. The lowest BCUT2D eigenvalue weighted by atomic mass is 10.9. The molecular weight excluding hydrogens is 120 g/mol. The molecule has 1 heterocycles. The molecule has 0 aromatic carbocycles. The van der Waals surface area contributed by atoms with E-state index < -0.39 is 0 Å². The average Bonchev–Trinajstić information content (AvgIpc) is 2.19. The van der Waals surface area contributed by atoms with Gasteiger partial charge < -0.3 is 0 Å². The highest BCUT2D eigenvalue weighted by Crippen LogP contribution is 2.13. The number of aliphatic imine (C=N–C) groups is 1. The highest BCUT2D eigenvalue weighted by atomic mass is 32.2. The summed E-state index contributed by atoms with van der Waals surface area (Å²) in [6, 6.07) is 1.95. The highest BCUT2D eigenvalue weighted by Gasteiger charge is 1.86. The van der Waals surface area contributed by atoms with Crippen LogP contribution in [0.5, 0.6) is 0 Å². The molecule has 1 rings (SSSR count). The second-order valence-corrected chi connectivity index (χ2v) is 2.73. The Bertz CT molecular complexity index is 193. The molecule has 0 bridgehead atoms. The summed E-state index contributed by atoms with van der Waals surface area (Å²) in [5.74, 6) is 0. The molecule has 0 fully saturated rings. The normalized spacial score (nSPS) is 24.1. The Hall–Kier alpha value is -0.880. The van der Waals surface area contributed by atoms with Crippen LogP contribution in [0.3, 0.4) is 0 Å². The van der Waals surface area contributed by atoms with Crippen LogP contribution in [0.2, 0.25) is 0 Å². The molecule has 0 aromatic heterocycles. The van der Waals surface area contributed by atoms with Gasteiger partial charge in [-0.1, -0.05) is 0 Å². The Morgan fingerprint density at radius 3 is 3.12 bits per heavy atom. The van der Waals surface area contributed by atoms with Crippen molar-refractivity contribution >= 4 is 21.4 Å². The SMILES string of the molecule is N#CC=S1C=CN=C1. The third-order valence-electron chi connectivity index (χ3n) is 0.675. The Morgan fingerprint density at radius 2 is 2.62 bits per heavy atom. The predicted molar refractivity (Wildman–Crippen MR) is 36.9 cm³/mol. The summed E-state index contributed by atoms with van der Waals surface area (Å²) in [7, 11) is -0.0856. The van der Waals surface area contributed by atoms with Gasteiger partial charge in [0.05, 0.1) is 11.6 Å². The first-order chi connectivity index (χ1) is 3.93. The van der Waals surface area contributed by atoms with Gasteiger partial charge in [0.15, 0.2) is 0 Å². The molecule has 0 radical (unpaired) electrons. The largest absolute Gasteiger partial charge is 0.257 e. The number of nitrogens with zero attached hydrogens (tertiary/aromatic N) is 2. The standard InChI is InChI=1S/C5H4N2S/c6-1-3-8-4-2-7-5-8/h2-5H. The van der Waals surface area contributed by atoms with Gasteiger partial charge >= 0.3 is 0 Å². The number of hydrogen-bond donors (Lipinski definition) is 0. The highest BCUT2D eigenvalue weighted by molar-refractivity contribution is 8.29. The van der Waals surface area contributed by atoms with E-state index >= 15 is 0 Å². The van der Waals surface area contributed by atoms with Crippen LogP contribution in [0.15, 0.2) is 16.6 Å². The quantitative estimate of drug-likeness (QED) is 0.445. The van der Waals surface area contributed by atoms with E-state index in [4.69, 9.17) is 5.26 Å². The average molecular weight is 124 g/mol. The van der Waals surface area contributed by atoms with Gasteiger partial charge in [0.1, 0.15) is 0 Å². The Morgan fingerprint density at radius 1 is 1.75 bits per heavy atom. The van der Waals surface area contributed by atoms with Crippen LogP contribution in [0.25, 0.3) is 0 Å². The summed E-state index contributed by atoms with van der Waals surface area (Å²) in [6.07, 6.45) is 1.71. The number of rotatable bonds is 0. The van der Waals surface area contributed by atoms with E-state index in [9.17, 15) is 0 Å². The van der Waals surface area contributed by atoms with E-state index in [1.165, 1.54) is 0 Å². The van der Waals surface area contributed by atoms with Crippen molar-refractivity contribution in [2.45, 2.75) is 0 Å². The minimum absolute atomic E-state index is 0.0856. The van der Waals surface area contributed by atoms with Gasteiger partial charge in [-0.05, 0) is 5.41 Å². The van der Waals surface area contributed by atoms with Crippen LogP contribution < -0.4 is 0 Å². The van der Waals surface area contributed by atoms with Crippen LogP contribution in [0, 0.1) is 11.3 Å².